The third-order valence-corrected chi connectivity index (χ3v) is 5.96. The molecule has 9 heteroatoms. The van der Waals surface area contributed by atoms with Gasteiger partial charge in [0, 0.05) is 31.6 Å². The molecule has 0 radical (unpaired) electrons. The highest BCUT2D eigenvalue weighted by molar-refractivity contribution is 5.64. The first kappa shape index (κ1) is 27.3. The molecule has 1 aromatic heterocycles. The number of unbranched alkanes of at least 4 members (excludes halogenated alkanes) is 1. The highest BCUT2D eigenvalue weighted by Crippen LogP contribution is 2.32. The fourth-order valence-electron chi connectivity index (χ4n) is 4.36. The summed E-state index contributed by atoms with van der Waals surface area (Å²) in [5.41, 5.74) is 1.09. The summed E-state index contributed by atoms with van der Waals surface area (Å²) < 4.78 is 14.0. The number of rotatable bonds is 8. The zero-order chi connectivity index (χ0) is 24.4. The van der Waals surface area contributed by atoms with Gasteiger partial charge in [0.2, 0.25) is 0 Å². The maximum absolute atomic E-state index is 8.36. The van der Waals surface area contributed by atoms with E-state index in [0.29, 0.717) is 6.04 Å². The Labute approximate surface area is 201 Å². The molecule has 0 saturated carbocycles. The van der Waals surface area contributed by atoms with Crippen LogP contribution in [0, 0.1) is 0 Å². The number of piperidine rings is 1. The fourth-order valence-corrected chi connectivity index (χ4v) is 4.36. The average molecular weight is 476 g/mol. The second kappa shape index (κ2) is 16.7. The van der Waals surface area contributed by atoms with E-state index in [1.165, 1.54) is 45.3 Å². The van der Waals surface area contributed by atoms with Crippen LogP contribution in [0.25, 0.3) is 11.4 Å². The van der Waals surface area contributed by atoms with E-state index < -0.39 is 0 Å². The summed E-state index contributed by atoms with van der Waals surface area (Å²) in [5, 5.41) is 13.8. The molecular weight excluding hydrogens is 438 g/mol. The number of carboxylic acid groups (broad SMARTS) is 2. The molecule has 2 aliphatic rings. The Bertz CT molecular complexity index is 810. The molecule has 2 aliphatic heterocycles. The first-order valence-electron chi connectivity index (χ1n) is 12.0. The van der Waals surface area contributed by atoms with Crippen LogP contribution in [0.5, 0.6) is 5.75 Å². The van der Waals surface area contributed by atoms with Gasteiger partial charge >= 0.3 is 0 Å². The smallest absolute Gasteiger partial charge is 0.290 e. The van der Waals surface area contributed by atoms with Gasteiger partial charge in [-0.25, -0.2) is 4.98 Å². The van der Waals surface area contributed by atoms with Gasteiger partial charge in [0.05, 0.1) is 12.2 Å². The van der Waals surface area contributed by atoms with Crippen molar-refractivity contribution < 1.29 is 29.3 Å². The van der Waals surface area contributed by atoms with Gasteiger partial charge in [0.15, 0.2) is 0 Å². The van der Waals surface area contributed by atoms with Crippen LogP contribution in [0.2, 0.25) is 0 Å². The van der Waals surface area contributed by atoms with Gasteiger partial charge in [0.1, 0.15) is 11.6 Å². The number of hydrogen-bond acceptors (Lipinski definition) is 6. The molecule has 0 spiro atoms. The third-order valence-electron chi connectivity index (χ3n) is 5.96. The van der Waals surface area contributed by atoms with E-state index in [4.69, 9.17) is 29.3 Å². The number of para-hydroxylation sites is 1. The summed E-state index contributed by atoms with van der Waals surface area (Å²) in [7, 11) is 0. The lowest BCUT2D eigenvalue weighted by Crippen LogP contribution is -2.30. The Morgan fingerprint density at radius 1 is 1.03 bits per heavy atom. The molecule has 3 heterocycles. The monoisotopic (exact) mass is 475 g/mol. The van der Waals surface area contributed by atoms with Crippen molar-refractivity contribution in [3.8, 4) is 17.1 Å². The van der Waals surface area contributed by atoms with E-state index >= 15 is 0 Å². The van der Waals surface area contributed by atoms with Gasteiger partial charge in [-0.2, -0.15) is 0 Å². The van der Waals surface area contributed by atoms with Crippen molar-refractivity contribution in [2.45, 2.75) is 51.0 Å². The molecule has 1 aromatic carbocycles. The number of hydrogen-bond donors (Lipinski definition) is 2. The highest BCUT2D eigenvalue weighted by atomic mass is 16.5. The minimum atomic E-state index is -0.250. The molecule has 9 nitrogen and oxygen atoms in total. The van der Waals surface area contributed by atoms with Crippen LogP contribution in [-0.4, -0.2) is 77.1 Å². The highest BCUT2D eigenvalue weighted by Gasteiger charge is 2.20. The largest absolute Gasteiger partial charge is 0.493 e. The number of benzene rings is 1. The van der Waals surface area contributed by atoms with E-state index in [1.54, 1.807) is 0 Å². The van der Waals surface area contributed by atoms with E-state index in [0.717, 1.165) is 56.2 Å². The second-order valence-corrected chi connectivity index (χ2v) is 8.17. The van der Waals surface area contributed by atoms with Crippen LogP contribution in [0.3, 0.4) is 0 Å². The third kappa shape index (κ3) is 9.15. The number of aromatic nitrogens is 2. The van der Waals surface area contributed by atoms with Crippen LogP contribution in [0.1, 0.15) is 51.0 Å². The topological polar surface area (TPSA) is 114 Å². The lowest BCUT2D eigenvalue weighted by molar-refractivity contribution is -0.123. The lowest BCUT2D eigenvalue weighted by Gasteiger charge is -2.26. The minimum Gasteiger partial charge on any atom is -0.493 e. The van der Waals surface area contributed by atoms with Gasteiger partial charge in [-0.3, -0.25) is 9.59 Å². The molecule has 2 saturated heterocycles. The maximum Gasteiger partial charge on any atom is 0.290 e. The van der Waals surface area contributed by atoms with Gasteiger partial charge in [-0.15, -0.1) is 0 Å². The Kier molecular flexibility index (Phi) is 13.4. The maximum atomic E-state index is 8.36. The van der Waals surface area contributed by atoms with E-state index in [9.17, 15) is 0 Å². The van der Waals surface area contributed by atoms with Crippen molar-refractivity contribution in [2.75, 3.05) is 39.5 Å². The summed E-state index contributed by atoms with van der Waals surface area (Å²) in [4.78, 5) is 24.0. The Morgan fingerprint density at radius 3 is 2.41 bits per heavy atom. The Balaban J connectivity index is 0.000000618. The van der Waals surface area contributed by atoms with Gasteiger partial charge in [0.25, 0.3) is 12.9 Å². The van der Waals surface area contributed by atoms with Crippen LogP contribution in [0.15, 0.2) is 36.7 Å². The van der Waals surface area contributed by atoms with Crippen LogP contribution in [-0.2, 0) is 14.3 Å². The van der Waals surface area contributed by atoms with Crippen LogP contribution >= 0.6 is 0 Å². The predicted octanol–water partition coefficient (Wildman–Crippen LogP) is 3.95. The molecule has 0 atom stereocenters. The molecule has 4 rings (SSSR count). The molecule has 2 fully saturated rings. The van der Waals surface area contributed by atoms with Crippen molar-refractivity contribution in [1.82, 2.24) is 14.5 Å². The molecule has 0 bridgehead atoms. The van der Waals surface area contributed by atoms with E-state index in [2.05, 4.69) is 38.8 Å². The van der Waals surface area contributed by atoms with E-state index in [1.807, 2.05) is 12.3 Å². The standard InChI is InChI=1S/C23H33N3O2.2CH2O2/c1-4-13-25(14-5-1)15-6-7-17-28-22-9-3-2-8-21(22)23-24-12-16-26(23)20-10-18-27-19-11-20;2*2-1-3/h2-3,8-9,12,16,20H,1,4-7,10-11,13-15,17-19H2;2*1H,(H,2,3). The number of imidazole rings is 1. The molecule has 0 aliphatic carbocycles. The van der Waals surface area contributed by atoms with Gasteiger partial charge in [-0.05, 0) is 70.3 Å². The molecule has 34 heavy (non-hydrogen) atoms. The van der Waals surface area contributed by atoms with Crippen molar-refractivity contribution in [2.24, 2.45) is 0 Å². The van der Waals surface area contributed by atoms with E-state index in [-0.39, 0.29) is 12.9 Å². The average Bonchev–Trinajstić information content (AvgIpc) is 3.36. The van der Waals surface area contributed by atoms with Crippen molar-refractivity contribution >= 4 is 12.9 Å². The van der Waals surface area contributed by atoms with Gasteiger partial charge < -0.3 is 29.2 Å². The summed E-state index contributed by atoms with van der Waals surface area (Å²) in [5.74, 6) is 1.95. The first-order valence-corrected chi connectivity index (χ1v) is 12.0. The quantitative estimate of drug-likeness (QED) is 0.436. The predicted molar refractivity (Wildman–Crippen MR) is 129 cm³/mol. The summed E-state index contributed by atoms with van der Waals surface area (Å²) in [6.45, 7) is 5.69. The molecule has 2 N–H and O–H groups in total. The number of ether oxygens (including phenoxy) is 2. The summed E-state index contributed by atoms with van der Waals surface area (Å²) in [6, 6.07) is 8.78. The SMILES string of the molecule is O=CO.O=CO.c1ccc(-c2nccn2C2CCOCC2)c(OCCCCN2CCCCC2)c1. The second-order valence-electron chi connectivity index (χ2n) is 8.17. The zero-order valence-electron chi connectivity index (χ0n) is 19.8. The fraction of sp³-hybridized carbons (Fsp3) is 0.560. The first-order chi connectivity index (χ1) is 16.7. The summed E-state index contributed by atoms with van der Waals surface area (Å²) in [6.07, 6.45) is 12.5. The number of likely N-dealkylation sites (tertiary alicyclic amines) is 1. The summed E-state index contributed by atoms with van der Waals surface area (Å²) >= 11 is 0. The van der Waals surface area contributed by atoms with Crippen molar-refractivity contribution in [3.05, 3.63) is 36.7 Å². The molecule has 0 unspecified atom stereocenters. The number of nitrogens with zero attached hydrogens (tertiary/aromatic N) is 3. The van der Waals surface area contributed by atoms with Crippen LogP contribution in [0.4, 0.5) is 0 Å². The van der Waals surface area contributed by atoms with Crippen molar-refractivity contribution in [3.63, 3.8) is 0 Å². The molecular formula is C25H37N3O6. The Hall–Kier alpha value is -2.91. The van der Waals surface area contributed by atoms with Crippen molar-refractivity contribution in [1.29, 1.82) is 0 Å². The molecule has 0 amide bonds. The van der Waals surface area contributed by atoms with Gasteiger partial charge in [-0.1, -0.05) is 18.6 Å². The molecule has 2 aromatic rings. The van der Waals surface area contributed by atoms with Crippen LogP contribution < -0.4 is 4.74 Å². The number of carbonyl (C=O) groups is 2. The lowest BCUT2D eigenvalue weighted by atomic mass is 10.1. The normalized spacial score (nSPS) is 16.4. The minimum absolute atomic E-state index is 0.250. The molecule has 188 valence electrons. The zero-order valence-corrected chi connectivity index (χ0v) is 19.8. The Morgan fingerprint density at radius 2 is 1.71 bits per heavy atom.